The van der Waals surface area contributed by atoms with E-state index in [1.54, 1.807) is 12.0 Å². The minimum absolute atomic E-state index is 0.0788. The molecule has 0 saturated carbocycles. The highest BCUT2D eigenvalue weighted by molar-refractivity contribution is 6.27. The summed E-state index contributed by atoms with van der Waals surface area (Å²) in [5.74, 6) is 1.01. The summed E-state index contributed by atoms with van der Waals surface area (Å²) in [6, 6.07) is 7.32. The zero-order valence-corrected chi connectivity index (χ0v) is 13.4. The summed E-state index contributed by atoms with van der Waals surface area (Å²) in [5, 5.41) is 0. The van der Waals surface area contributed by atoms with Crippen LogP contribution in [0, 0.1) is 0 Å². The van der Waals surface area contributed by atoms with Crippen LogP contribution >= 0.6 is 11.6 Å². The summed E-state index contributed by atoms with van der Waals surface area (Å²) >= 11 is 5.58. The molecule has 1 aliphatic heterocycles. The Morgan fingerprint density at radius 3 is 2.78 bits per heavy atom. The quantitative estimate of drug-likeness (QED) is 0.865. The molecule has 0 fully saturated rings. The minimum atomic E-state index is -0.215. The third-order valence-electron chi connectivity index (χ3n) is 3.90. The van der Waals surface area contributed by atoms with E-state index in [0.29, 0.717) is 24.4 Å². The number of rotatable bonds is 3. The summed E-state index contributed by atoms with van der Waals surface area (Å²) in [6.45, 7) is 0.781. The van der Waals surface area contributed by atoms with Gasteiger partial charge in [-0.2, -0.15) is 0 Å². The number of ether oxygens (including phenoxy) is 1. The molecule has 1 aliphatic rings. The van der Waals surface area contributed by atoms with Crippen molar-refractivity contribution in [1.82, 2.24) is 14.9 Å². The van der Waals surface area contributed by atoms with Gasteiger partial charge in [-0.1, -0.05) is 0 Å². The number of aromatic amines is 1. The molecule has 0 radical (unpaired) electrons. The molecule has 1 amide bonds. The lowest BCUT2D eigenvalue weighted by molar-refractivity contribution is -0.129. The van der Waals surface area contributed by atoms with Crippen molar-refractivity contribution in [2.75, 3.05) is 19.5 Å². The lowest BCUT2D eigenvalue weighted by atomic mass is 10.1. The molecule has 2 aromatic rings. The van der Waals surface area contributed by atoms with Crippen LogP contribution in [0.25, 0.3) is 11.4 Å². The molecule has 1 aromatic carbocycles. The number of carbonyl (C=O) groups is 1. The summed E-state index contributed by atoms with van der Waals surface area (Å²) in [5.41, 5.74) is 1.86. The van der Waals surface area contributed by atoms with E-state index in [9.17, 15) is 9.59 Å². The number of hydrogen-bond donors (Lipinski definition) is 1. The zero-order chi connectivity index (χ0) is 16.4. The van der Waals surface area contributed by atoms with Crippen molar-refractivity contribution in [3.8, 4) is 17.1 Å². The molecule has 1 N–H and O–H groups in total. The average Bonchev–Trinajstić information content (AvgIpc) is 2.60. The predicted octanol–water partition coefficient (Wildman–Crippen LogP) is 1.57. The number of halogens is 1. The first kappa shape index (κ1) is 15.6. The van der Waals surface area contributed by atoms with E-state index < -0.39 is 0 Å². The van der Waals surface area contributed by atoms with Gasteiger partial charge < -0.3 is 14.6 Å². The molecule has 2 heterocycles. The molecular weight excluding hydrogens is 318 g/mol. The van der Waals surface area contributed by atoms with Gasteiger partial charge in [-0.15, -0.1) is 11.6 Å². The number of hydrogen-bond acceptors (Lipinski definition) is 4. The Bertz CT molecular complexity index is 786. The van der Waals surface area contributed by atoms with Crippen LogP contribution < -0.4 is 10.3 Å². The number of alkyl halides is 1. The van der Waals surface area contributed by atoms with Crippen LogP contribution in [0.5, 0.6) is 5.75 Å². The number of methoxy groups -OCH3 is 1. The fraction of sp³-hybridized carbons (Fsp3) is 0.312. The molecule has 7 heteroatoms. The van der Waals surface area contributed by atoms with Gasteiger partial charge in [0.1, 0.15) is 17.5 Å². The van der Waals surface area contributed by atoms with E-state index in [2.05, 4.69) is 9.97 Å². The molecule has 0 bridgehead atoms. The summed E-state index contributed by atoms with van der Waals surface area (Å²) in [7, 11) is 1.60. The van der Waals surface area contributed by atoms with Gasteiger partial charge in [0.2, 0.25) is 5.91 Å². The molecule has 3 rings (SSSR count). The van der Waals surface area contributed by atoms with Crippen molar-refractivity contribution in [3.63, 3.8) is 0 Å². The van der Waals surface area contributed by atoms with Crippen molar-refractivity contribution < 1.29 is 9.53 Å². The molecule has 0 saturated heterocycles. The second kappa shape index (κ2) is 6.42. The smallest absolute Gasteiger partial charge is 0.256 e. The van der Waals surface area contributed by atoms with Gasteiger partial charge >= 0.3 is 0 Å². The Balaban J connectivity index is 1.94. The van der Waals surface area contributed by atoms with Crippen LogP contribution in [-0.4, -0.2) is 40.3 Å². The van der Waals surface area contributed by atoms with E-state index in [4.69, 9.17) is 16.3 Å². The van der Waals surface area contributed by atoms with Crippen molar-refractivity contribution in [2.24, 2.45) is 0 Å². The maximum atomic E-state index is 12.3. The Kier molecular flexibility index (Phi) is 4.34. The van der Waals surface area contributed by atoms with Crippen molar-refractivity contribution in [2.45, 2.75) is 13.0 Å². The second-order valence-corrected chi connectivity index (χ2v) is 5.53. The van der Waals surface area contributed by atoms with Gasteiger partial charge in [0, 0.05) is 18.5 Å². The fourth-order valence-corrected chi connectivity index (χ4v) is 2.78. The van der Waals surface area contributed by atoms with Crippen LogP contribution in [0.2, 0.25) is 0 Å². The summed E-state index contributed by atoms with van der Waals surface area (Å²) in [4.78, 5) is 33.0. The first-order valence-electron chi connectivity index (χ1n) is 7.22. The van der Waals surface area contributed by atoms with Gasteiger partial charge in [-0.05, 0) is 24.3 Å². The monoisotopic (exact) mass is 333 g/mol. The molecular formula is C16H16ClN3O3. The molecule has 1 aromatic heterocycles. The molecule has 120 valence electrons. The van der Waals surface area contributed by atoms with Crippen molar-refractivity contribution in [1.29, 1.82) is 0 Å². The average molecular weight is 334 g/mol. The first-order chi connectivity index (χ1) is 11.1. The predicted molar refractivity (Wildman–Crippen MR) is 86.7 cm³/mol. The third kappa shape index (κ3) is 3.07. The fourth-order valence-electron chi connectivity index (χ4n) is 2.61. The maximum Gasteiger partial charge on any atom is 0.256 e. The highest BCUT2D eigenvalue weighted by atomic mass is 35.5. The number of aromatic nitrogens is 2. The van der Waals surface area contributed by atoms with E-state index >= 15 is 0 Å². The van der Waals surface area contributed by atoms with E-state index in [1.165, 1.54) is 0 Å². The van der Waals surface area contributed by atoms with Gasteiger partial charge in [-0.3, -0.25) is 9.59 Å². The summed E-state index contributed by atoms with van der Waals surface area (Å²) < 4.78 is 5.12. The number of H-pyrrole nitrogens is 1. The molecule has 0 unspecified atom stereocenters. The molecule has 23 heavy (non-hydrogen) atoms. The van der Waals surface area contributed by atoms with Gasteiger partial charge in [0.25, 0.3) is 5.56 Å². The number of amides is 1. The van der Waals surface area contributed by atoms with Crippen molar-refractivity contribution in [3.05, 3.63) is 45.9 Å². The van der Waals surface area contributed by atoms with Crippen LogP contribution in [0.4, 0.5) is 0 Å². The van der Waals surface area contributed by atoms with E-state index in [0.717, 1.165) is 17.0 Å². The van der Waals surface area contributed by atoms with E-state index in [-0.39, 0.29) is 23.9 Å². The van der Waals surface area contributed by atoms with Crippen LogP contribution in [-0.2, 0) is 17.8 Å². The lowest BCUT2D eigenvalue weighted by Crippen LogP contribution is -2.40. The normalized spacial score (nSPS) is 13.6. The van der Waals surface area contributed by atoms with Crippen LogP contribution in [0.1, 0.15) is 11.3 Å². The standard InChI is InChI=1S/C16H16ClN3O3/c1-23-11-4-2-10(3-5-11)15-18-13-6-7-20(14(21)8-17)9-12(13)16(22)19-15/h2-5H,6-9H2,1H3,(H,18,19,22). The van der Waals surface area contributed by atoms with Crippen LogP contribution in [0.15, 0.2) is 29.1 Å². The van der Waals surface area contributed by atoms with Gasteiger partial charge in [-0.25, -0.2) is 4.98 Å². The Morgan fingerprint density at radius 2 is 2.13 bits per heavy atom. The SMILES string of the molecule is COc1ccc(-c2nc3c(c(=O)[nH]2)CN(C(=O)CCl)CC3)cc1. The van der Waals surface area contributed by atoms with E-state index in [1.807, 2.05) is 24.3 Å². The zero-order valence-electron chi connectivity index (χ0n) is 12.6. The number of benzene rings is 1. The number of nitrogens with zero attached hydrogens (tertiary/aromatic N) is 2. The third-order valence-corrected chi connectivity index (χ3v) is 4.13. The number of nitrogens with one attached hydrogen (secondary N) is 1. The van der Waals surface area contributed by atoms with Crippen molar-refractivity contribution >= 4 is 17.5 Å². The highest BCUT2D eigenvalue weighted by Crippen LogP contribution is 2.21. The largest absolute Gasteiger partial charge is 0.497 e. The molecule has 0 aliphatic carbocycles. The highest BCUT2D eigenvalue weighted by Gasteiger charge is 2.24. The second-order valence-electron chi connectivity index (χ2n) is 5.27. The minimum Gasteiger partial charge on any atom is -0.497 e. The van der Waals surface area contributed by atoms with Crippen LogP contribution in [0.3, 0.4) is 0 Å². The Hall–Kier alpha value is -2.34. The maximum absolute atomic E-state index is 12.3. The summed E-state index contributed by atoms with van der Waals surface area (Å²) in [6.07, 6.45) is 0.547. The van der Waals surface area contributed by atoms with Gasteiger partial charge in [0.05, 0.1) is 24.9 Å². The number of carbonyl (C=O) groups excluding carboxylic acids is 1. The Labute approximate surface area is 138 Å². The lowest BCUT2D eigenvalue weighted by Gasteiger charge is -2.27. The molecule has 6 nitrogen and oxygen atoms in total. The number of fused-ring (bicyclic) bond motifs is 1. The Morgan fingerprint density at radius 1 is 1.39 bits per heavy atom. The molecule has 0 spiro atoms. The molecule has 0 atom stereocenters. The topological polar surface area (TPSA) is 75.3 Å². The first-order valence-corrected chi connectivity index (χ1v) is 7.76. The van der Waals surface area contributed by atoms with Gasteiger partial charge in [0.15, 0.2) is 0 Å².